The van der Waals surface area contributed by atoms with E-state index in [2.05, 4.69) is 89.3 Å². The summed E-state index contributed by atoms with van der Waals surface area (Å²) >= 11 is 1.46. The molecule has 0 radical (unpaired) electrons. The molecule has 1 saturated carbocycles. The molecule has 13 nitrogen and oxygen atoms in total. The summed E-state index contributed by atoms with van der Waals surface area (Å²) in [6.45, 7) is 19.6. The number of ether oxygens (including phenoxy) is 2. The van der Waals surface area contributed by atoms with Crippen molar-refractivity contribution >= 4 is 45.9 Å². The number of aryl methyl sites for hydroxylation is 1. The standard InChI is InChI=1S/C48H62N8O5S/c1-8-55-40-16-13-31-22-34(40)36(43(55)35-23-33(26-49-42(35)29(2)30-11-12-30)54-20-18-53(19-21-54)32-14-15-32)25-48(6,7)28-60-45(58)37-10-9-17-56(52-37)44(57)38(24-41-50-39(31)27-62-41)51-46(59)61-47(3,4)5/h11,13,16,22-23,26-27,29,32,37-38,52H,8-10,12,14-15,17-21,24-25,28H2,1-7H3,(H,51,59)/t29-,37+,38+/m1/s1. The summed E-state index contributed by atoms with van der Waals surface area (Å²) in [7, 11) is 0. The van der Waals surface area contributed by atoms with Gasteiger partial charge in [-0.2, -0.15) is 0 Å². The zero-order chi connectivity index (χ0) is 43.5. The molecule has 62 heavy (non-hydrogen) atoms. The molecule has 4 aromatic rings. The third-order valence-corrected chi connectivity index (χ3v) is 13.9. The first-order valence-electron chi connectivity index (χ1n) is 22.7. The lowest BCUT2D eigenvalue weighted by Crippen LogP contribution is -2.60. The largest absolute Gasteiger partial charge is 0.464 e. The van der Waals surface area contributed by atoms with Crippen molar-refractivity contribution in [1.29, 1.82) is 0 Å². The Balaban J connectivity index is 1.16. The average Bonchev–Trinajstić information content (AvgIpc) is 4.20. The van der Waals surface area contributed by atoms with Crippen molar-refractivity contribution in [2.75, 3.05) is 44.2 Å². The summed E-state index contributed by atoms with van der Waals surface area (Å²) in [6.07, 6.45) is 9.32. The number of pyridine rings is 1. The zero-order valence-electron chi connectivity index (χ0n) is 37.4. The highest BCUT2D eigenvalue weighted by atomic mass is 32.1. The highest BCUT2D eigenvalue weighted by molar-refractivity contribution is 7.10. The van der Waals surface area contributed by atoms with Gasteiger partial charge in [0.2, 0.25) is 0 Å². The molecule has 2 saturated heterocycles. The van der Waals surface area contributed by atoms with Crippen LogP contribution in [0.3, 0.4) is 0 Å². The molecule has 14 heteroatoms. The minimum Gasteiger partial charge on any atom is -0.464 e. The normalized spacial score (nSPS) is 22.8. The van der Waals surface area contributed by atoms with E-state index in [0.717, 1.165) is 84.3 Å². The Hall–Kier alpha value is -4.79. The summed E-state index contributed by atoms with van der Waals surface area (Å²) in [5.74, 6) is -0.581. The van der Waals surface area contributed by atoms with Crippen molar-refractivity contribution < 1.29 is 23.9 Å². The number of anilines is 1. The number of hydrogen-bond acceptors (Lipinski definition) is 11. The molecular weight excluding hydrogens is 801 g/mol. The SMILES string of the molecule is CCn1c(-c2cc(N3CCN(C4CC4)CC3)cnc2[C@H](C)C2=CC2)c2c3cc(ccc31)-c1csc(n1)C[C@H](NC(=O)OC(C)(C)C)C(=O)N1CCC[C@H](N1)C(=O)OCC(C)(C)C2. The van der Waals surface area contributed by atoms with E-state index in [0.29, 0.717) is 30.8 Å². The Morgan fingerprint density at radius 1 is 1.10 bits per heavy atom. The van der Waals surface area contributed by atoms with Crippen LogP contribution >= 0.6 is 11.3 Å². The number of esters is 1. The average molecular weight is 863 g/mol. The number of carbonyl (C=O) groups excluding carboxylic acids is 3. The van der Waals surface area contributed by atoms with Gasteiger partial charge in [0, 0.05) is 90.5 Å². The van der Waals surface area contributed by atoms with Gasteiger partial charge in [0.1, 0.15) is 17.7 Å². The van der Waals surface area contributed by atoms with Crippen molar-refractivity contribution in [3.8, 4) is 22.5 Å². The van der Waals surface area contributed by atoms with Gasteiger partial charge in [0.25, 0.3) is 5.91 Å². The number of hydrazine groups is 1. The van der Waals surface area contributed by atoms with E-state index in [1.165, 1.54) is 46.0 Å². The van der Waals surface area contributed by atoms with Crippen LogP contribution in [0, 0.1) is 5.41 Å². The molecule has 3 aliphatic heterocycles. The molecular formula is C48H62N8O5S. The number of piperazine rings is 1. The predicted octanol–water partition coefficient (Wildman–Crippen LogP) is 7.62. The van der Waals surface area contributed by atoms with E-state index in [9.17, 15) is 14.4 Å². The number of cyclic esters (lactones) is 1. The van der Waals surface area contributed by atoms with Crippen molar-refractivity contribution in [2.45, 2.75) is 130 Å². The number of carbonyl (C=O) groups is 3. The first kappa shape index (κ1) is 42.5. The molecule has 1 aromatic carbocycles. The van der Waals surface area contributed by atoms with Crippen molar-refractivity contribution in [2.24, 2.45) is 5.41 Å². The number of amides is 2. The van der Waals surface area contributed by atoms with Gasteiger partial charge in [0.05, 0.1) is 40.6 Å². The molecule has 2 N–H and O–H groups in total. The Morgan fingerprint density at radius 3 is 2.58 bits per heavy atom. The molecule has 3 atom stereocenters. The van der Waals surface area contributed by atoms with Crippen LogP contribution in [0.25, 0.3) is 33.4 Å². The number of hydrogen-bond donors (Lipinski definition) is 2. The second-order valence-corrected chi connectivity index (χ2v) is 20.6. The minimum absolute atomic E-state index is 0.157. The molecule has 6 bridgehead atoms. The summed E-state index contributed by atoms with van der Waals surface area (Å²) in [4.78, 5) is 56.7. The van der Waals surface area contributed by atoms with Crippen LogP contribution < -0.4 is 15.6 Å². The Kier molecular flexibility index (Phi) is 11.5. The fourth-order valence-electron chi connectivity index (χ4n) is 9.51. The molecule has 9 rings (SSSR count). The minimum atomic E-state index is -0.978. The van der Waals surface area contributed by atoms with Gasteiger partial charge < -0.3 is 24.3 Å². The van der Waals surface area contributed by atoms with Gasteiger partial charge in [-0.05, 0) is 90.0 Å². The number of nitrogens with zero attached hydrogens (tertiary/aromatic N) is 6. The number of allylic oxidation sites excluding steroid dienone is 2. The summed E-state index contributed by atoms with van der Waals surface area (Å²) in [5.41, 5.74) is 12.0. The van der Waals surface area contributed by atoms with Gasteiger partial charge in [0.15, 0.2) is 0 Å². The topological polar surface area (TPSA) is 134 Å². The molecule has 3 aromatic heterocycles. The molecule has 3 fully saturated rings. The number of thiazole rings is 1. The third-order valence-electron chi connectivity index (χ3n) is 13.0. The van der Waals surface area contributed by atoms with E-state index in [1.807, 2.05) is 5.38 Å². The number of rotatable bonds is 7. The molecule has 330 valence electrons. The number of aromatic nitrogens is 3. The van der Waals surface area contributed by atoms with E-state index < -0.39 is 35.2 Å². The number of benzene rings is 1. The number of fused-ring (bicyclic) bond motifs is 6. The molecule has 0 spiro atoms. The van der Waals surface area contributed by atoms with E-state index in [-0.39, 0.29) is 24.9 Å². The monoisotopic (exact) mass is 862 g/mol. The fraction of sp³-hybridized carbons (Fsp3) is 0.562. The van der Waals surface area contributed by atoms with Gasteiger partial charge in [-0.3, -0.25) is 24.5 Å². The second-order valence-electron chi connectivity index (χ2n) is 19.7. The lowest BCUT2D eigenvalue weighted by Gasteiger charge is -2.36. The molecule has 6 heterocycles. The summed E-state index contributed by atoms with van der Waals surface area (Å²) in [6, 6.07) is 8.08. The fourth-order valence-corrected chi connectivity index (χ4v) is 10.4. The highest BCUT2D eigenvalue weighted by Gasteiger charge is 2.37. The first-order valence-corrected chi connectivity index (χ1v) is 23.5. The molecule has 2 amide bonds. The quantitative estimate of drug-likeness (QED) is 0.141. The maximum Gasteiger partial charge on any atom is 0.408 e. The van der Waals surface area contributed by atoms with Crippen LogP contribution in [-0.2, 0) is 38.4 Å². The van der Waals surface area contributed by atoms with Crippen molar-refractivity contribution in [3.63, 3.8) is 0 Å². The lowest BCUT2D eigenvalue weighted by atomic mass is 9.83. The maximum atomic E-state index is 14.2. The van der Waals surface area contributed by atoms with Gasteiger partial charge in [-0.25, -0.2) is 15.2 Å². The van der Waals surface area contributed by atoms with Gasteiger partial charge >= 0.3 is 12.1 Å². The molecule has 5 aliphatic rings. The smallest absolute Gasteiger partial charge is 0.408 e. The van der Waals surface area contributed by atoms with E-state index >= 15 is 0 Å². The summed E-state index contributed by atoms with van der Waals surface area (Å²) in [5, 5.41) is 8.13. The van der Waals surface area contributed by atoms with Crippen LogP contribution in [0.15, 0.2) is 47.5 Å². The number of nitrogens with one attached hydrogen (secondary N) is 2. The Labute approximate surface area is 369 Å². The van der Waals surface area contributed by atoms with Crippen LogP contribution in [0.2, 0.25) is 0 Å². The third kappa shape index (κ3) is 9.01. The van der Waals surface area contributed by atoms with Crippen LogP contribution in [0.5, 0.6) is 0 Å². The van der Waals surface area contributed by atoms with Crippen LogP contribution in [0.1, 0.15) is 103 Å². The van der Waals surface area contributed by atoms with Crippen molar-refractivity contribution in [3.05, 3.63) is 63.8 Å². The lowest BCUT2D eigenvalue weighted by molar-refractivity contribution is -0.155. The van der Waals surface area contributed by atoms with Gasteiger partial charge in [-0.15, -0.1) is 11.3 Å². The number of alkyl carbamates (subject to hydrolysis) is 1. The van der Waals surface area contributed by atoms with E-state index in [1.54, 1.807) is 20.8 Å². The predicted molar refractivity (Wildman–Crippen MR) is 243 cm³/mol. The second kappa shape index (κ2) is 16.7. The molecule has 0 unspecified atom stereocenters. The highest BCUT2D eigenvalue weighted by Crippen LogP contribution is 2.45. The summed E-state index contributed by atoms with van der Waals surface area (Å²) < 4.78 is 14.2. The van der Waals surface area contributed by atoms with Crippen LogP contribution in [0.4, 0.5) is 10.5 Å². The van der Waals surface area contributed by atoms with Crippen molar-refractivity contribution in [1.82, 2.24) is 35.2 Å². The van der Waals surface area contributed by atoms with E-state index in [4.69, 9.17) is 19.4 Å². The molecule has 2 aliphatic carbocycles. The van der Waals surface area contributed by atoms with Crippen LogP contribution in [-0.4, -0.2) is 105 Å². The zero-order valence-corrected chi connectivity index (χ0v) is 38.2. The first-order chi connectivity index (χ1) is 29.6. The van der Waals surface area contributed by atoms with Gasteiger partial charge in [-0.1, -0.05) is 38.5 Å². The Bertz CT molecular complexity index is 2400. The maximum absolute atomic E-state index is 14.2. The Morgan fingerprint density at radius 2 is 1.87 bits per heavy atom.